The molecule has 0 aromatic carbocycles. The minimum Gasteiger partial charge on any atom is -0.464 e. The van der Waals surface area contributed by atoms with Gasteiger partial charge in [0.1, 0.15) is 11.8 Å². The molecule has 0 saturated carbocycles. The fourth-order valence-electron chi connectivity index (χ4n) is 1.55. The van der Waals surface area contributed by atoms with E-state index >= 15 is 0 Å². The van der Waals surface area contributed by atoms with Gasteiger partial charge in [0.25, 0.3) is 0 Å². The van der Waals surface area contributed by atoms with Gasteiger partial charge in [-0.1, -0.05) is 0 Å². The van der Waals surface area contributed by atoms with Crippen LogP contribution in [0.5, 0.6) is 0 Å². The van der Waals surface area contributed by atoms with E-state index in [-0.39, 0.29) is 12.2 Å². The molecule has 1 aliphatic heterocycles. The van der Waals surface area contributed by atoms with Crippen LogP contribution in [0.1, 0.15) is 25.7 Å². The molecule has 1 aliphatic rings. The summed E-state index contributed by atoms with van der Waals surface area (Å²) in [6, 6.07) is -0.589. The Labute approximate surface area is 99.6 Å². The monoisotopic (exact) mass is 243 g/mol. The summed E-state index contributed by atoms with van der Waals surface area (Å²) in [5.41, 5.74) is 0. The van der Waals surface area contributed by atoms with E-state index in [1.807, 2.05) is 0 Å². The summed E-state index contributed by atoms with van der Waals surface area (Å²) in [4.78, 5) is 33.8. The van der Waals surface area contributed by atoms with Gasteiger partial charge in [-0.2, -0.15) is 0 Å². The highest BCUT2D eigenvalue weighted by Gasteiger charge is 2.28. The smallest absolute Gasteiger partial charge is 0.328 e. The van der Waals surface area contributed by atoms with E-state index in [4.69, 9.17) is 9.47 Å². The Balaban J connectivity index is 2.20. The van der Waals surface area contributed by atoms with E-state index < -0.39 is 17.9 Å². The number of hydrogen-bond donors (Lipinski definition) is 1. The number of esters is 1. The molecule has 0 aliphatic carbocycles. The van der Waals surface area contributed by atoms with Gasteiger partial charge in [0.2, 0.25) is 5.91 Å². The first-order chi connectivity index (χ1) is 8.13. The topological polar surface area (TPSA) is 81.7 Å². The highest BCUT2D eigenvalue weighted by Crippen LogP contribution is 2.06. The molecule has 0 bridgehead atoms. The standard InChI is InChI=1S/C11H17NO5/c1-16-5-2-3-8(13)7-10(14)12-9-4-6-17-11(9)15/h9H,2-7H2,1H3,(H,12,14)/t9-/m0/s1. The first kappa shape index (κ1) is 13.6. The molecule has 0 aromatic heterocycles. The molecule has 0 spiro atoms. The molecule has 1 amide bonds. The molecule has 1 atom stereocenters. The Kier molecular flexibility index (Phi) is 5.62. The van der Waals surface area contributed by atoms with Crippen molar-refractivity contribution in [1.29, 1.82) is 0 Å². The summed E-state index contributed by atoms with van der Waals surface area (Å²) in [5, 5.41) is 2.48. The zero-order chi connectivity index (χ0) is 12.7. The summed E-state index contributed by atoms with van der Waals surface area (Å²) < 4.78 is 9.50. The molecule has 0 aromatic rings. The van der Waals surface area contributed by atoms with Crippen molar-refractivity contribution in [2.75, 3.05) is 20.3 Å². The second kappa shape index (κ2) is 7.01. The summed E-state index contributed by atoms with van der Waals surface area (Å²) in [7, 11) is 1.56. The second-order valence-corrected chi connectivity index (χ2v) is 3.89. The molecule has 1 fully saturated rings. The van der Waals surface area contributed by atoms with Gasteiger partial charge in [0.15, 0.2) is 0 Å². The average molecular weight is 243 g/mol. The third kappa shape index (κ3) is 4.95. The summed E-state index contributed by atoms with van der Waals surface area (Å²) in [6.07, 6.45) is 1.21. The Morgan fingerprint density at radius 2 is 2.29 bits per heavy atom. The molecule has 17 heavy (non-hydrogen) atoms. The Bertz CT molecular complexity index is 302. The lowest BCUT2D eigenvalue weighted by atomic mass is 10.1. The molecule has 6 nitrogen and oxygen atoms in total. The van der Waals surface area contributed by atoms with Crippen molar-refractivity contribution in [3.05, 3.63) is 0 Å². The molecule has 1 N–H and O–H groups in total. The first-order valence-corrected chi connectivity index (χ1v) is 5.60. The van der Waals surface area contributed by atoms with E-state index in [9.17, 15) is 14.4 Å². The SMILES string of the molecule is COCCCC(=O)CC(=O)N[C@H]1CCOC1=O. The lowest BCUT2D eigenvalue weighted by Crippen LogP contribution is -2.38. The van der Waals surface area contributed by atoms with Crippen LogP contribution in [0, 0.1) is 0 Å². The zero-order valence-corrected chi connectivity index (χ0v) is 9.86. The minimum absolute atomic E-state index is 0.147. The molecular weight excluding hydrogens is 226 g/mol. The number of hydrogen-bond acceptors (Lipinski definition) is 5. The molecule has 0 radical (unpaired) electrons. The van der Waals surface area contributed by atoms with Gasteiger partial charge in [-0.05, 0) is 6.42 Å². The van der Waals surface area contributed by atoms with Crippen molar-refractivity contribution in [3.63, 3.8) is 0 Å². The third-order valence-electron chi connectivity index (χ3n) is 2.43. The van der Waals surface area contributed by atoms with Gasteiger partial charge < -0.3 is 14.8 Å². The van der Waals surface area contributed by atoms with Crippen LogP contribution in [0.25, 0.3) is 0 Å². The van der Waals surface area contributed by atoms with Crippen molar-refractivity contribution in [2.24, 2.45) is 0 Å². The normalized spacial score (nSPS) is 18.9. The van der Waals surface area contributed by atoms with E-state index in [0.29, 0.717) is 32.5 Å². The van der Waals surface area contributed by atoms with E-state index in [2.05, 4.69) is 5.32 Å². The van der Waals surface area contributed by atoms with E-state index in [1.165, 1.54) is 0 Å². The number of Topliss-reactive ketones (excluding diaryl/α,β-unsaturated/α-hetero) is 1. The predicted molar refractivity (Wildman–Crippen MR) is 58.2 cm³/mol. The number of carbonyl (C=O) groups excluding carboxylic acids is 3. The summed E-state index contributed by atoms with van der Waals surface area (Å²) >= 11 is 0. The fraction of sp³-hybridized carbons (Fsp3) is 0.727. The fourth-order valence-corrected chi connectivity index (χ4v) is 1.55. The highest BCUT2D eigenvalue weighted by molar-refractivity contribution is 5.99. The Morgan fingerprint density at radius 3 is 2.88 bits per heavy atom. The van der Waals surface area contributed by atoms with Gasteiger partial charge in [0.05, 0.1) is 13.0 Å². The van der Waals surface area contributed by atoms with Crippen LogP contribution in [-0.2, 0) is 23.9 Å². The van der Waals surface area contributed by atoms with Crippen LogP contribution in [0.2, 0.25) is 0 Å². The van der Waals surface area contributed by atoms with E-state index in [0.717, 1.165) is 0 Å². The van der Waals surface area contributed by atoms with Crippen LogP contribution in [0.3, 0.4) is 0 Å². The van der Waals surface area contributed by atoms with Crippen LogP contribution < -0.4 is 5.32 Å². The molecule has 6 heteroatoms. The number of nitrogens with one attached hydrogen (secondary N) is 1. The molecule has 0 unspecified atom stereocenters. The Morgan fingerprint density at radius 1 is 1.53 bits per heavy atom. The third-order valence-corrected chi connectivity index (χ3v) is 2.43. The quantitative estimate of drug-likeness (QED) is 0.380. The number of ketones is 1. The molecule has 1 rings (SSSR count). The van der Waals surface area contributed by atoms with Crippen molar-refractivity contribution >= 4 is 17.7 Å². The lowest BCUT2D eigenvalue weighted by Gasteiger charge is -2.08. The van der Waals surface area contributed by atoms with Crippen molar-refractivity contribution in [2.45, 2.75) is 31.7 Å². The first-order valence-electron chi connectivity index (χ1n) is 5.60. The number of methoxy groups -OCH3 is 1. The van der Waals surface area contributed by atoms with Gasteiger partial charge in [-0.3, -0.25) is 9.59 Å². The van der Waals surface area contributed by atoms with Gasteiger partial charge >= 0.3 is 5.97 Å². The maximum atomic E-state index is 11.4. The van der Waals surface area contributed by atoms with Crippen LogP contribution in [0.15, 0.2) is 0 Å². The maximum Gasteiger partial charge on any atom is 0.328 e. The average Bonchev–Trinajstić information content (AvgIpc) is 2.64. The number of ether oxygens (including phenoxy) is 2. The number of amides is 1. The largest absolute Gasteiger partial charge is 0.464 e. The van der Waals surface area contributed by atoms with Crippen molar-refractivity contribution in [3.8, 4) is 0 Å². The minimum atomic E-state index is -0.589. The molecular formula is C11H17NO5. The summed E-state index contributed by atoms with van der Waals surface area (Å²) in [5.74, 6) is -0.993. The zero-order valence-electron chi connectivity index (χ0n) is 9.86. The Hall–Kier alpha value is -1.43. The van der Waals surface area contributed by atoms with Gasteiger partial charge in [-0.15, -0.1) is 0 Å². The van der Waals surface area contributed by atoms with Crippen molar-refractivity contribution < 1.29 is 23.9 Å². The number of carbonyl (C=O) groups is 3. The molecule has 1 heterocycles. The van der Waals surface area contributed by atoms with E-state index in [1.54, 1.807) is 7.11 Å². The van der Waals surface area contributed by atoms with Crippen molar-refractivity contribution in [1.82, 2.24) is 5.32 Å². The molecule has 96 valence electrons. The predicted octanol–water partition coefficient (Wildman–Crippen LogP) is -0.196. The van der Waals surface area contributed by atoms with Gasteiger partial charge in [-0.25, -0.2) is 4.79 Å². The van der Waals surface area contributed by atoms with Crippen LogP contribution in [-0.4, -0.2) is 44.0 Å². The number of rotatable bonds is 7. The summed E-state index contributed by atoms with van der Waals surface area (Å²) in [6.45, 7) is 0.827. The van der Waals surface area contributed by atoms with Crippen LogP contribution in [0.4, 0.5) is 0 Å². The molecule has 1 saturated heterocycles. The highest BCUT2D eigenvalue weighted by atomic mass is 16.5. The number of cyclic esters (lactones) is 1. The maximum absolute atomic E-state index is 11.4. The second-order valence-electron chi connectivity index (χ2n) is 3.89. The van der Waals surface area contributed by atoms with Crippen LogP contribution >= 0.6 is 0 Å². The lowest BCUT2D eigenvalue weighted by molar-refractivity contribution is -0.142. The van der Waals surface area contributed by atoms with Gasteiger partial charge in [0, 0.05) is 26.6 Å².